The lowest BCUT2D eigenvalue weighted by atomic mass is 10.0. The maximum atomic E-state index is 11.9. The number of rotatable bonds is 7. The van der Waals surface area contributed by atoms with Crippen LogP contribution in [0.5, 0.6) is 0 Å². The highest BCUT2D eigenvalue weighted by Gasteiger charge is 2.15. The first-order chi connectivity index (χ1) is 8.95. The molecule has 0 fully saturated rings. The van der Waals surface area contributed by atoms with Gasteiger partial charge >= 0.3 is 0 Å². The fraction of sp³-hybridized carbons (Fsp3) is 0.714. The highest BCUT2D eigenvalue weighted by atomic mass is 16.3. The Bertz CT molecular complexity index is 413. The van der Waals surface area contributed by atoms with Crippen molar-refractivity contribution >= 4 is 5.91 Å². The van der Waals surface area contributed by atoms with Crippen LogP contribution in [0.4, 0.5) is 0 Å². The van der Waals surface area contributed by atoms with E-state index in [4.69, 9.17) is 5.11 Å². The van der Waals surface area contributed by atoms with Crippen LogP contribution < -0.4 is 5.32 Å². The minimum absolute atomic E-state index is 0.0374. The zero-order chi connectivity index (χ0) is 14.4. The van der Waals surface area contributed by atoms with E-state index in [2.05, 4.69) is 10.4 Å². The molecule has 5 nitrogen and oxygen atoms in total. The summed E-state index contributed by atoms with van der Waals surface area (Å²) in [5.74, 6) is 0.367. The quantitative estimate of drug-likeness (QED) is 0.779. The van der Waals surface area contributed by atoms with Crippen molar-refractivity contribution in [3.8, 4) is 0 Å². The molecule has 1 unspecified atom stereocenters. The molecule has 0 bridgehead atoms. The van der Waals surface area contributed by atoms with Crippen molar-refractivity contribution in [1.82, 2.24) is 15.1 Å². The zero-order valence-electron chi connectivity index (χ0n) is 12.3. The van der Waals surface area contributed by atoms with E-state index in [9.17, 15) is 4.79 Å². The molecule has 0 aliphatic rings. The molecule has 1 rings (SSSR count). The van der Waals surface area contributed by atoms with Crippen molar-refractivity contribution < 1.29 is 9.90 Å². The van der Waals surface area contributed by atoms with Crippen molar-refractivity contribution in [2.24, 2.45) is 13.0 Å². The normalized spacial score (nSPS) is 12.7. The lowest BCUT2D eigenvalue weighted by molar-refractivity contribution is -0.122. The van der Waals surface area contributed by atoms with E-state index < -0.39 is 0 Å². The van der Waals surface area contributed by atoms with Gasteiger partial charge in [0.05, 0.1) is 6.20 Å². The van der Waals surface area contributed by atoms with E-state index >= 15 is 0 Å². The number of carbonyl (C=O) groups excluding carboxylic acids is 1. The number of aromatic nitrogens is 2. The molecule has 5 heteroatoms. The van der Waals surface area contributed by atoms with Crippen molar-refractivity contribution in [2.75, 3.05) is 6.61 Å². The SMILES string of the molecule is Cc1c(CCC(=O)NC(CCO)C(C)C)cnn1C. The molecule has 0 spiro atoms. The third kappa shape index (κ3) is 4.67. The number of hydrogen-bond acceptors (Lipinski definition) is 3. The van der Waals surface area contributed by atoms with Crippen LogP contribution in [0.2, 0.25) is 0 Å². The second kappa shape index (κ2) is 7.28. The van der Waals surface area contributed by atoms with Gasteiger partial charge in [0.25, 0.3) is 0 Å². The molecule has 0 saturated heterocycles. The summed E-state index contributed by atoms with van der Waals surface area (Å²) in [5, 5.41) is 16.1. The first kappa shape index (κ1) is 15.7. The molecular formula is C14H25N3O2. The van der Waals surface area contributed by atoms with E-state index in [-0.39, 0.29) is 18.6 Å². The van der Waals surface area contributed by atoms with Gasteiger partial charge in [-0.05, 0) is 31.2 Å². The number of nitrogens with one attached hydrogen (secondary N) is 1. The molecule has 0 aliphatic carbocycles. The molecule has 0 aliphatic heterocycles. The minimum Gasteiger partial charge on any atom is -0.396 e. The van der Waals surface area contributed by atoms with Crippen LogP contribution in [-0.4, -0.2) is 33.4 Å². The predicted molar refractivity (Wildman–Crippen MR) is 74.7 cm³/mol. The highest BCUT2D eigenvalue weighted by Crippen LogP contribution is 2.10. The maximum Gasteiger partial charge on any atom is 0.220 e. The molecule has 0 aromatic carbocycles. The average Bonchev–Trinajstić information content (AvgIpc) is 2.67. The molecule has 1 aromatic rings. The summed E-state index contributed by atoms with van der Waals surface area (Å²) in [6, 6.07) is 0.0486. The van der Waals surface area contributed by atoms with Crippen LogP contribution in [0.3, 0.4) is 0 Å². The maximum absolute atomic E-state index is 11.9. The molecule has 0 saturated carbocycles. The lowest BCUT2D eigenvalue weighted by Crippen LogP contribution is -2.39. The van der Waals surface area contributed by atoms with E-state index in [1.165, 1.54) is 0 Å². The molecule has 1 atom stereocenters. The van der Waals surface area contributed by atoms with Gasteiger partial charge in [0, 0.05) is 31.8 Å². The zero-order valence-corrected chi connectivity index (χ0v) is 12.3. The van der Waals surface area contributed by atoms with Crippen LogP contribution >= 0.6 is 0 Å². The Balaban J connectivity index is 2.45. The number of aryl methyl sites for hydroxylation is 2. The van der Waals surface area contributed by atoms with Crippen LogP contribution in [-0.2, 0) is 18.3 Å². The van der Waals surface area contributed by atoms with Crippen molar-refractivity contribution in [3.63, 3.8) is 0 Å². The van der Waals surface area contributed by atoms with Gasteiger partial charge in [-0.2, -0.15) is 5.10 Å². The van der Waals surface area contributed by atoms with Crippen molar-refractivity contribution in [2.45, 2.75) is 46.1 Å². The van der Waals surface area contributed by atoms with Gasteiger partial charge in [0.15, 0.2) is 0 Å². The molecule has 19 heavy (non-hydrogen) atoms. The fourth-order valence-electron chi connectivity index (χ4n) is 2.03. The molecule has 1 aromatic heterocycles. The Morgan fingerprint density at radius 1 is 1.53 bits per heavy atom. The molecule has 2 N–H and O–H groups in total. The van der Waals surface area contributed by atoms with E-state index in [1.54, 1.807) is 0 Å². The van der Waals surface area contributed by atoms with E-state index in [0.29, 0.717) is 25.2 Å². The number of amides is 1. The van der Waals surface area contributed by atoms with Crippen LogP contribution in [0.25, 0.3) is 0 Å². The van der Waals surface area contributed by atoms with Gasteiger partial charge in [0.2, 0.25) is 5.91 Å². The topological polar surface area (TPSA) is 67.2 Å². The van der Waals surface area contributed by atoms with Gasteiger partial charge in [-0.3, -0.25) is 9.48 Å². The first-order valence-corrected chi connectivity index (χ1v) is 6.83. The van der Waals surface area contributed by atoms with Gasteiger partial charge in [0.1, 0.15) is 0 Å². The third-order valence-electron chi connectivity index (χ3n) is 3.55. The second-order valence-corrected chi connectivity index (χ2v) is 5.31. The van der Waals surface area contributed by atoms with E-state index in [1.807, 2.05) is 38.7 Å². The smallest absolute Gasteiger partial charge is 0.220 e. The van der Waals surface area contributed by atoms with Gasteiger partial charge in [-0.15, -0.1) is 0 Å². The standard InChI is InChI=1S/C14H25N3O2/c1-10(2)13(7-8-18)16-14(19)6-5-12-9-15-17(4)11(12)3/h9-10,13,18H,5-8H2,1-4H3,(H,16,19). The summed E-state index contributed by atoms with van der Waals surface area (Å²) in [7, 11) is 1.90. The summed E-state index contributed by atoms with van der Waals surface area (Å²) >= 11 is 0. The van der Waals surface area contributed by atoms with Gasteiger partial charge in [-0.25, -0.2) is 0 Å². The molecule has 1 amide bonds. The number of carbonyl (C=O) groups is 1. The number of hydrogen-bond donors (Lipinski definition) is 2. The summed E-state index contributed by atoms with van der Waals surface area (Å²) in [6.45, 7) is 6.20. The van der Waals surface area contributed by atoms with Gasteiger partial charge in [-0.1, -0.05) is 13.8 Å². The summed E-state index contributed by atoms with van der Waals surface area (Å²) in [6.07, 6.45) is 3.59. The third-order valence-corrected chi connectivity index (χ3v) is 3.55. The Kier molecular flexibility index (Phi) is 6.02. The molecular weight excluding hydrogens is 242 g/mol. The van der Waals surface area contributed by atoms with Crippen LogP contribution in [0.1, 0.15) is 37.9 Å². The number of aliphatic hydroxyl groups excluding tert-OH is 1. The number of nitrogens with zero attached hydrogens (tertiary/aromatic N) is 2. The Morgan fingerprint density at radius 2 is 2.21 bits per heavy atom. The Morgan fingerprint density at radius 3 is 2.68 bits per heavy atom. The first-order valence-electron chi connectivity index (χ1n) is 6.83. The van der Waals surface area contributed by atoms with Crippen LogP contribution in [0, 0.1) is 12.8 Å². The van der Waals surface area contributed by atoms with E-state index in [0.717, 1.165) is 11.3 Å². The van der Waals surface area contributed by atoms with Crippen molar-refractivity contribution in [3.05, 3.63) is 17.5 Å². The second-order valence-electron chi connectivity index (χ2n) is 5.31. The monoisotopic (exact) mass is 267 g/mol. The Labute approximate surface area is 115 Å². The molecule has 0 radical (unpaired) electrons. The largest absolute Gasteiger partial charge is 0.396 e. The van der Waals surface area contributed by atoms with Gasteiger partial charge < -0.3 is 10.4 Å². The highest BCUT2D eigenvalue weighted by molar-refractivity contribution is 5.76. The summed E-state index contributed by atoms with van der Waals surface area (Å²) < 4.78 is 1.82. The minimum atomic E-state index is 0.0374. The van der Waals surface area contributed by atoms with Crippen LogP contribution in [0.15, 0.2) is 6.20 Å². The molecule has 108 valence electrons. The fourth-order valence-corrected chi connectivity index (χ4v) is 2.03. The Hall–Kier alpha value is -1.36. The summed E-state index contributed by atoms with van der Waals surface area (Å²) in [5.41, 5.74) is 2.21. The molecule has 1 heterocycles. The van der Waals surface area contributed by atoms with Crippen molar-refractivity contribution in [1.29, 1.82) is 0 Å². The lowest BCUT2D eigenvalue weighted by Gasteiger charge is -2.21. The number of aliphatic hydroxyl groups is 1. The average molecular weight is 267 g/mol. The predicted octanol–water partition coefficient (Wildman–Crippen LogP) is 1.18. The summed E-state index contributed by atoms with van der Waals surface area (Å²) in [4.78, 5) is 11.9.